The first-order chi connectivity index (χ1) is 13.3. The van der Waals surface area contributed by atoms with Gasteiger partial charge < -0.3 is 5.32 Å². The summed E-state index contributed by atoms with van der Waals surface area (Å²) in [6.07, 6.45) is 0.672. The fourth-order valence-electron chi connectivity index (χ4n) is 2.20. The zero-order chi connectivity index (χ0) is 20.3. The molecule has 1 amide bonds. The molecular weight excluding hydrogens is 443 g/mol. The van der Waals surface area contributed by atoms with Crippen molar-refractivity contribution < 1.29 is 13.2 Å². The van der Waals surface area contributed by atoms with Crippen molar-refractivity contribution >= 4 is 61.3 Å². The summed E-state index contributed by atoms with van der Waals surface area (Å²) in [5.74, 6) is -0.434. The number of hydrogen-bond acceptors (Lipinski definition) is 6. The molecule has 7 nitrogen and oxygen atoms in total. The second-order valence-corrected chi connectivity index (χ2v) is 9.15. The lowest BCUT2D eigenvalue weighted by atomic mass is 10.2. The van der Waals surface area contributed by atoms with Crippen LogP contribution in [0.3, 0.4) is 0 Å². The van der Waals surface area contributed by atoms with Gasteiger partial charge in [-0.1, -0.05) is 41.5 Å². The quantitative estimate of drug-likeness (QED) is 0.569. The molecule has 0 saturated heterocycles. The van der Waals surface area contributed by atoms with Crippen molar-refractivity contribution in [3.8, 4) is 0 Å². The van der Waals surface area contributed by atoms with Gasteiger partial charge in [0, 0.05) is 10.7 Å². The molecule has 0 spiro atoms. The van der Waals surface area contributed by atoms with E-state index in [1.807, 2.05) is 6.92 Å². The summed E-state index contributed by atoms with van der Waals surface area (Å²) in [7, 11) is -3.81. The van der Waals surface area contributed by atoms with Gasteiger partial charge in [0.05, 0.1) is 15.5 Å². The predicted molar refractivity (Wildman–Crippen MR) is 111 cm³/mol. The van der Waals surface area contributed by atoms with E-state index in [1.165, 1.54) is 47.7 Å². The molecule has 2 aromatic carbocycles. The van der Waals surface area contributed by atoms with Crippen molar-refractivity contribution in [1.29, 1.82) is 0 Å². The minimum Gasteiger partial charge on any atom is -0.322 e. The van der Waals surface area contributed by atoms with Crippen molar-refractivity contribution in [3.63, 3.8) is 0 Å². The molecule has 1 aromatic heterocycles. The number of hydrogen-bond donors (Lipinski definition) is 2. The summed E-state index contributed by atoms with van der Waals surface area (Å²) >= 11 is 13.0. The Bertz CT molecular complexity index is 1120. The van der Waals surface area contributed by atoms with E-state index in [2.05, 4.69) is 20.2 Å². The van der Waals surface area contributed by atoms with Gasteiger partial charge in [-0.2, -0.15) is 0 Å². The maximum atomic E-state index is 12.4. The molecule has 28 heavy (non-hydrogen) atoms. The monoisotopic (exact) mass is 456 g/mol. The van der Waals surface area contributed by atoms with Gasteiger partial charge in [-0.05, 0) is 48.9 Å². The van der Waals surface area contributed by atoms with Gasteiger partial charge in [0.15, 0.2) is 0 Å². The van der Waals surface area contributed by atoms with Crippen LogP contribution in [0.2, 0.25) is 10.0 Å². The van der Waals surface area contributed by atoms with E-state index in [0.717, 1.165) is 5.01 Å². The molecule has 0 saturated carbocycles. The summed E-state index contributed by atoms with van der Waals surface area (Å²) in [6.45, 7) is 1.91. The van der Waals surface area contributed by atoms with Crippen LogP contribution in [0.1, 0.15) is 22.3 Å². The number of sulfonamides is 1. The van der Waals surface area contributed by atoms with E-state index in [-0.39, 0.29) is 20.6 Å². The van der Waals surface area contributed by atoms with Gasteiger partial charge in [0.1, 0.15) is 5.01 Å². The zero-order valence-corrected chi connectivity index (χ0v) is 17.6. The SMILES string of the molecule is CCc1nnc(NS(=O)(=O)c2ccc(NC(=O)c3ccc(Cl)cc3Cl)cc2)s1. The van der Waals surface area contributed by atoms with E-state index in [1.54, 1.807) is 6.07 Å². The van der Waals surface area contributed by atoms with Crippen molar-refractivity contribution in [3.05, 3.63) is 63.1 Å². The Morgan fingerprint density at radius 2 is 1.82 bits per heavy atom. The van der Waals surface area contributed by atoms with E-state index in [4.69, 9.17) is 23.2 Å². The van der Waals surface area contributed by atoms with Crippen molar-refractivity contribution in [2.75, 3.05) is 10.0 Å². The molecule has 2 N–H and O–H groups in total. The number of amides is 1. The Morgan fingerprint density at radius 1 is 1.11 bits per heavy atom. The normalized spacial score (nSPS) is 11.2. The molecule has 3 rings (SSSR count). The number of nitrogens with one attached hydrogen (secondary N) is 2. The van der Waals surface area contributed by atoms with E-state index in [9.17, 15) is 13.2 Å². The van der Waals surface area contributed by atoms with E-state index in [0.29, 0.717) is 17.1 Å². The number of rotatable bonds is 6. The highest BCUT2D eigenvalue weighted by molar-refractivity contribution is 7.93. The van der Waals surface area contributed by atoms with Gasteiger partial charge in [-0.15, -0.1) is 10.2 Å². The second-order valence-electron chi connectivity index (χ2n) is 5.56. The van der Waals surface area contributed by atoms with Gasteiger partial charge in [0.2, 0.25) is 5.13 Å². The number of aryl methyl sites for hydroxylation is 1. The molecule has 0 radical (unpaired) electrons. The molecule has 11 heteroatoms. The molecule has 0 aliphatic heterocycles. The zero-order valence-electron chi connectivity index (χ0n) is 14.4. The highest BCUT2D eigenvalue weighted by Crippen LogP contribution is 2.24. The minimum absolute atomic E-state index is 0.0308. The lowest BCUT2D eigenvalue weighted by Crippen LogP contribution is -2.14. The maximum Gasteiger partial charge on any atom is 0.263 e. The standard InChI is InChI=1S/C17H14Cl2N4O3S2/c1-2-15-21-22-17(27-15)23-28(25,26)12-6-4-11(5-7-12)20-16(24)13-8-3-10(18)9-14(13)19/h3-9H,2H2,1H3,(H,20,24)(H,22,23). The average Bonchev–Trinajstić information content (AvgIpc) is 3.09. The van der Waals surface area contributed by atoms with Crippen LogP contribution in [0, 0.1) is 0 Å². The highest BCUT2D eigenvalue weighted by atomic mass is 35.5. The number of aromatic nitrogens is 2. The number of anilines is 2. The molecule has 0 aliphatic rings. The largest absolute Gasteiger partial charge is 0.322 e. The number of carbonyl (C=O) groups excluding carboxylic acids is 1. The summed E-state index contributed by atoms with van der Waals surface area (Å²) in [5, 5.41) is 11.9. The van der Waals surface area contributed by atoms with Crippen LogP contribution >= 0.6 is 34.5 Å². The van der Waals surface area contributed by atoms with Gasteiger partial charge in [-0.3, -0.25) is 9.52 Å². The van der Waals surface area contributed by atoms with Crippen LogP contribution in [-0.2, 0) is 16.4 Å². The fraction of sp³-hybridized carbons (Fsp3) is 0.118. The third kappa shape index (κ3) is 4.79. The van der Waals surface area contributed by atoms with Gasteiger partial charge in [0.25, 0.3) is 15.9 Å². The Kier molecular flexibility index (Phi) is 6.19. The van der Waals surface area contributed by atoms with Gasteiger partial charge >= 0.3 is 0 Å². The third-order valence-corrected chi connectivity index (χ3v) is 6.60. The summed E-state index contributed by atoms with van der Waals surface area (Å²) in [6, 6.07) is 10.3. The lowest BCUT2D eigenvalue weighted by molar-refractivity contribution is 0.102. The van der Waals surface area contributed by atoms with Crippen LogP contribution in [0.25, 0.3) is 0 Å². The number of halogens is 2. The number of benzene rings is 2. The van der Waals surface area contributed by atoms with Crippen molar-refractivity contribution in [2.45, 2.75) is 18.2 Å². The Balaban J connectivity index is 1.72. The first-order valence-corrected chi connectivity index (χ1v) is 11.1. The molecule has 0 atom stereocenters. The highest BCUT2D eigenvalue weighted by Gasteiger charge is 2.17. The predicted octanol–water partition coefficient (Wildman–Crippen LogP) is 4.46. The molecular formula is C17H14Cl2N4O3S2. The lowest BCUT2D eigenvalue weighted by Gasteiger charge is -2.09. The number of carbonyl (C=O) groups is 1. The van der Waals surface area contributed by atoms with Gasteiger partial charge in [-0.25, -0.2) is 8.42 Å². The molecule has 146 valence electrons. The van der Waals surface area contributed by atoms with Crippen LogP contribution < -0.4 is 10.0 Å². The van der Waals surface area contributed by atoms with E-state index >= 15 is 0 Å². The third-order valence-electron chi connectivity index (χ3n) is 3.59. The summed E-state index contributed by atoms with van der Waals surface area (Å²) in [4.78, 5) is 12.3. The van der Waals surface area contributed by atoms with Crippen LogP contribution in [0.5, 0.6) is 0 Å². The summed E-state index contributed by atoms with van der Waals surface area (Å²) in [5.41, 5.74) is 0.673. The smallest absolute Gasteiger partial charge is 0.263 e. The topological polar surface area (TPSA) is 101 Å². The second kappa shape index (κ2) is 8.44. The fourth-order valence-corrected chi connectivity index (χ4v) is 4.60. The molecule has 0 aliphatic carbocycles. The Morgan fingerprint density at radius 3 is 2.43 bits per heavy atom. The van der Waals surface area contributed by atoms with Crippen LogP contribution in [0.4, 0.5) is 10.8 Å². The molecule has 3 aromatic rings. The van der Waals surface area contributed by atoms with E-state index < -0.39 is 15.9 Å². The maximum absolute atomic E-state index is 12.4. The Hall–Kier alpha value is -2.20. The molecule has 0 fully saturated rings. The van der Waals surface area contributed by atoms with Crippen molar-refractivity contribution in [1.82, 2.24) is 10.2 Å². The summed E-state index contributed by atoms with van der Waals surface area (Å²) < 4.78 is 27.3. The first-order valence-electron chi connectivity index (χ1n) is 8.00. The number of nitrogens with zero attached hydrogens (tertiary/aromatic N) is 2. The van der Waals surface area contributed by atoms with Crippen LogP contribution in [-0.4, -0.2) is 24.5 Å². The average molecular weight is 457 g/mol. The molecule has 1 heterocycles. The first kappa shape index (κ1) is 20.5. The Labute approximate surface area is 175 Å². The molecule has 0 unspecified atom stereocenters. The van der Waals surface area contributed by atoms with Crippen molar-refractivity contribution in [2.24, 2.45) is 0 Å². The van der Waals surface area contributed by atoms with Crippen LogP contribution in [0.15, 0.2) is 47.4 Å². The minimum atomic E-state index is -3.81. The molecule has 0 bridgehead atoms.